The molecule has 0 aromatic heterocycles. The van der Waals surface area contributed by atoms with Crippen LogP contribution >= 0.6 is 0 Å². The van der Waals surface area contributed by atoms with Gasteiger partial charge in [0.1, 0.15) is 6.17 Å². The van der Waals surface area contributed by atoms with Crippen LogP contribution in [0.3, 0.4) is 0 Å². The molecule has 1 heteroatoms. The van der Waals surface area contributed by atoms with Gasteiger partial charge in [0.25, 0.3) is 0 Å². The summed E-state index contributed by atoms with van der Waals surface area (Å²) in [4.78, 5) is 0. The number of allylic oxidation sites excluding steroid dienone is 4. The Hall–Kier alpha value is -0.590. The third-order valence-electron chi connectivity index (χ3n) is 3.11. The number of rotatable bonds is 0. The predicted molar refractivity (Wildman–Crippen MR) is 55.4 cm³/mol. The second-order valence-electron chi connectivity index (χ2n) is 4.56. The van der Waals surface area contributed by atoms with Gasteiger partial charge in [-0.3, -0.25) is 0 Å². The van der Waals surface area contributed by atoms with E-state index in [2.05, 4.69) is 26.0 Å². The van der Waals surface area contributed by atoms with Crippen LogP contribution < -0.4 is 0 Å². The zero-order chi connectivity index (χ0) is 9.90. The summed E-state index contributed by atoms with van der Waals surface area (Å²) in [5.41, 5.74) is 0.0601. The van der Waals surface area contributed by atoms with Crippen molar-refractivity contribution in [2.45, 2.75) is 39.8 Å². The van der Waals surface area contributed by atoms with E-state index in [1.165, 1.54) is 0 Å². The van der Waals surface area contributed by atoms with Crippen LogP contribution in [-0.2, 0) is 0 Å². The Labute approximate surface area is 80.5 Å². The normalized spacial score (nSPS) is 36.0. The number of alkyl halides is 1. The van der Waals surface area contributed by atoms with Crippen molar-refractivity contribution in [1.82, 2.24) is 0 Å². The first-order valence-corrected chi connectivity index (χ1v) is 5.00. The van der Waals surface area contributed by atoms with Gasteiger partial charge in [0.05, 0.1) is 0 Å². The summed E-state index contributed by atoms with van der Waals surface area (Å²) in [6, 6.07) is 0. The molecule has 1 rings (SSSR count). The summed E-state index contributed by atoms with van der Waals surface area (Å²) < 4.78 is 13.6. The fourth-order valence-corrected chi connectivity index (χ4v) is 1.55. The molecule has 0 heterocycles. The Balaban J connectivity index is 2.81. The van der Waals surface area contributed by atoms with Gasteiger partial charge in [-0.1, -0.05) is 45.1 Å². The molecule has 2 atom stereocenters. The summed E-state index contributed by atoms with van der Waals surface area (Å²) in [7, 11) is 0. The van der Waals surface area contributed by atoms with E-state index in [0.717, 1.165) is 12.8 Å². The van der Waals surface area contributed by atoms with Crippen LogP contribution in [-0.4, -0.2) is 6.17 Å². The van der Waals surface area contributed by atoms with Crippen LogP contribution in [0.2, 0.25) is 0 Å². The first-order chi connectivity index (χ1) is 6.04. The van der Waals surface area contributed by atoms with Crippen LogP contribution in [0.15, 0.2) is 24.3 Å². The Bertz CT molecular complexity index is 213. The summed E-state index contributed by atoms with van der Waals surface area (Å²) in [5.74, 6) is 0.0894. The maximum Gasteiger partial charge on any atom is 0.121 e. The number of halogens is 1. The van der Waals surface area contributed by atoms with Gasteiger partial charge in [-0.25, -0.2) is 4.39 Å². The molecule has 0 saturated heterocycles. The molecule has 74 valence electrons. The van der Waals surface area contributed by atoms with E-state index in [1.54, 1.807) is 6.08 Å². The summed E-state index contributed by atoms with van der Waals surface area (Å²) in [6.45, 7) is 6.26. The average Bonchev–Trinajstić information content (AvgIpc) is 2.12. The minimum absolute atomic E-state index is 0.0601. The second kappa shape index (κ2) is 4.08. The maximum atomic E-state index is 13.6. The molecule has 1 unspecified atom stereocenters. The van der Waals surface area contributed by atoms with Crippen molar-refractivity contribution in [3.8, 4) is 0 Å². The van der Waals surface area contributed by atoms with E-state index in [9.17, 15) is 4.39 Å². The third kappa shape index (κ3) is 2.68. The molecule has 13 heavy (non-hydrogen) atoms. The lowest BCUT2D eigenvalue weighted by Crippen LogP contribution is -2.27. The molecule has 0 fully saturated rings. The first-order valence-electron chi connectivity index (χ1n) is 5.00. The highest BCUT2D eigenvalue weighted by Gasteiger charge is 2.30. The van der Waals surface area contributed by atoms with E-state index in [4.69, 9.17) is 0 Å². The highest BCUT2D eigenvalue weighted by molar-refractivity contribution is 5.03. The lowest BCUT2D eigenvalue weighted by Gasteiger charge is -2.31. The van der Waals surface area contributed by atoms with E-state index in [-0.39, 0.29) is 11.3 Å². The van der Waals surface area contributed by atoms with Crippen molar-refractivity contribution in [3.05, 3.63) is 24.3 Å². The third-order valence-corrected chi connectivity index (χ3v) is 3.11. The lowest BCUT2D eigenvalue weighted by atomic mass is 9.75. The van der Waals surface area contributed by atoms with E-state index in [0.29, 0.717) is 0 Å². The summed E-state index contributed by atoms with van der Waals surface area (Å²) in [6.07, 6.45) is 8.93. The molecule has 0 aromatic carbocycles. The molecule has 0 bridgehead atoms. The van der Waals surface area contributed by atoms with Crippen molar-refractivity contribution >= 4 is 0 Å². The zero-order valence-corrected chi connectivity index (χ0v) is 8.76. The van der Waals surface area contributed by atoms with Gasteiger partial charge in [0, 0.05) is 0 Å². The van der Waals surface area contributed by atoms with Gasteiger partial charge in [-0.05, 0) is 24.2 Å². The van der Waals surface area contributed by atoms with Crippen LogP contribution in [0.1, 0.15) is 33.6 Å². The minimum atomic E-state index is -0.796. The molecule has 0 saturated carbocycles. The maximum absolute atomic E-state index is 13.6. The smallest absolute Gasteiger partial charge is 0.121 e. The van der Waals surface area contributed by atoms with Crippen molar-refractivity contribution in [1.29, 1.82) is 0 Å². The molecule has 1 aliphatic carbocycles. The number of hydrogen-bond acceptors (Lipinski definition) is 0. The van der Waals surface area contributed by atoms with Gasteiger partial charge >= 0.3 is 0 Å². The standard InChI is InChI=1S/C12H19F/c1-10-11(13)8-6-4-5-7-9-12(10,2)3/h5-8,10-11H,4,9H2,1-3H3/b7-5-,8-6?/t10-,11?/m0/s1. The molecule has 0 N–H and O–H groups in total. The van der Waals surface area contributed by atoms with Crippen molar-refractivity contribution in [2.75, 3.05) is 0 Å². The summed E-state index contributed by atoms with van der Waals surface area (Å²) in [5, 5.41) is 0. The first kappa shape index (κ1) is 10.5. The molecular formula is C12H19F. The Morgan fingerprint density at radius 1 is 1.23 bits per heavy atom. The van der Waals surface area contributed by atoms with Gasteiger partial charge in [0.2, 0.25) is 0 Å². The highest BCUT2D eigenvalue weighted by atomic mass is 19.1. The molecule has 0 nitrogen and oxygen atoms in total. The van der Waals surface area contributed by atoms with Gasteiger partial charge < -0.3 is 0 Å². The number of hydrogen-bond donors (Lipinski definition) is 0. The van der Waals surface area contributed by atoms with Crippen molar-refractivity contribution in [3.63, 3.8) is 0 Å². The average molecular weight is 182 g/mol. The van der Waals surface area contributed by atoms with Crippen LogP contribution in [0.25, 0.3) is 0 Å². The largest absolute Gasteiger partial charge is 0.243 e. The molecule has 0 spiro atoms. The molecular weight excluding hydrogens is 163 g/mol. The van der Waals surface area contributed by atoms with Gasteiger partial charge in [0.15, 0.2) is 0 Å². The summed E-state index contributed by atoms with van der Waals surface area (Å²) >= 11 is 0. The van der Waals surface area contributed by atoms with E-state index >= 15 is 0 Å². The van der Waals surface area contributed by atoms with E-state index in [1.807, 2.05) is 13.0 Å². The minimum Gasteiger partial charge on any atom is -0.243 e. The predicted octanol–water partition coefficient (Wildman–Crippen LogP) is 3.89. The monoisotopic (exact) mass is 182 g/mol. The SMILES string of the molecule is C[C@H]1C(F)C=CC/C=C\CC1(C)C. The van der Waals surface area contributed by atoms with Crippen LogP contribution in [0, 0.1) is 11.3 Å². The molecule has 0 aromatic rings. The Morgan fingerprint density at radius 3 is 2.62 bits per heavy atom. The lowest BCUT2D eigenvalue weighted by molar-refractivity contribution is 0.147. The molecule has 0 radical (unpaired) electrons. The van der Waals surface area contributed by atoms with E-state index < -0.39 is 6.17 Å². The highest BCUT2D eigenvalue weighted by Crippen LogP contribution is 2.35. The molecule has 0 amide bonds. The Kier molecular flexibility index (Phi) is 3.29. The van der Waals surface area contributed by atoms with Crippen molar-refractivity contribution < 1.29 is 4.39 Å². The van der Waals surface area contributed by atoms with Gasteiger partial charge in [-0.15, -0.1) is 0 Å². The second-order valence-corrected chi connectivity index (χ2v) is 4.56. The fraction of sp³-hybridized carbons (Fsp3) is 0.667. The van der Waals surface area contributed by atoms with Crippen molar-refractivity contribution in [2.24, 2.45) is 11.3 Å². The quantitative estimate of drug-likeness (QED) is 0.498. The topological polar surface area (TPSA) is 0 Å². The Morgan fingerprint density at radius 2 is 1.92 bits per heavy atom. The molecule has 1 aliphatic rings. The molecule has 0 aliphatic heterocycles. The van der Waals surface area contributed by atoms with Gasteiger partial charge in [-0.2, -0.15) is 0 Å². The van der Waals surface area contributed by atoms with Crippen LogP contribution in [0.4, 0.5) is 4.39 Å². The zero-order valence-electron chi connectivity index (χ0n) is 8.76. The fourth-order valence-electron chi connectivity index (χ4n) is 1.55. The van der Waals surface area contributed by atoms with Crippen LogP contribution in [0.5, 0.6) is 0 Å².